The lowest BCUT2D eigenvalue weighted by Gasteiger charge is -2.03. The zero-order chi connectivity index (χ0) is 14.2. The lowest BCUT2D eigenvalue weighted by atomic mass is 10.2. The molecular formula is C11H11ClN4O3. The van der Waals surface area contributed by atoms with Crippen LogP contribution in [0, 0.1) is 0 Å². The molecule has 0 aliphatic heterocycles. The number of nitrogens with zero attached hydrogens (tertiary/aromatic N) is 4. The zero-order valence-electron chi connectivity index (χ0n) is 10.2. The Kier molecular flexibility index (Phi) is 3.39. The van der Waals surface area contributed by atoms with Crippen molar-refractivity contribution in [1.82, 2.24) is 19.8 Å². The standard InChI is InChI=1S/C11H11ClN4O3/c1-6(2)15-11(19)16(14-13-15)7-3-4-8(10(17)18)9(12)5-7/h3-6H,1-2H3,(H,17,18). The van der Waals surface area contributed by atoms with Gasteiger partial charge in [-0.2, -0.15) is 9.36 Å². The van der Waals surface area contributed by atoms with Gasteiger partial charge in [0.25, 0.3) is 0 Å². The average Bonchev–Trinajstić information content (AvgIpc) is 2.70. The largest absolute Gasteiger partial charge is 0.478 e. The molecule has 0 atom stereocenters. The Balaban J connectivity index is 2.52. The highest BCUT2D eigenvalue weighted by molar-refractivity contribution is 6.33. The quantitative estimate of drug-likeness (QED) is 0.918. The summed E-state index contributed by atoms with van der Waals surface area (Å²) in [6.45, 7) is 3.61. The summed E-state index contributed by atoms with van der Waals surface area (Å²) in [5.41, 5.74) is -0.0734. The molecule has 100 valence electrons. The van der Waals surface area contributed by atoms with Gasteiger partial charge in [-0.05, 0) is 42.5 Å². The van der Waals surface area contributed by atoms with Crippen molar-refractivity contribution in [2.75, 3.05) is 0 Å². The van der Waals surface area contributed by atoms with E-state index in [2.05, 4.69) is 10.4 Å². The van der Waals surface area contributed by atoms with Gasteiger partial charge in [0.1, 0.15) is 0 Å². The number of tetrazole rings is 1. The Bertz CT molecular complexity index is 689. The van der Waals surface area contributed by atoms with E-state index in [-0.39, 0.29) is 16.6 Å². The molecule has 0 saturated heterocycles. The fraction of sp³-hybridized carbons (Fsp3) is 0.273. The maximum absolute atomic E-state index is 12.0. The van der Waals surface area contributed by atoms with Crippen molar-refractivity contribution < 1.29 is 9.90 Å². The Hall–Kier alpha value is -2.15. The fourth-order valence-corrected chi connectivity index (χ4v) is 1.81. The third-order valence-corrected chi connectivity index (χ3v) is 2.83. The van der Waals surface area contributed by atoms with E-state index in [9.17, 15) is 9.59 Å². The van der Waals surface area contributed by atoms with Gasteiger partial charge in [0.15, 0.2) is 0 Å². The van der Waals surface area contributed by atoms with Crippen molar-refractivity contribution in [2.45, 2.75) is 19.9 Å². The minimum Gasteiger partial charge on any atom is -0.478 e. The Morgan fingerprint density at radius 1 is 1.37 bits per heavy atom. The normalized spacial score (nSPS) is 10.9. The maximum Gasteiger partial charge on any atom is 0.368 e. The van der Waals surface area contributed by atoms with E-state index >= 15 is 0 Å². The second kappa shape index (κ2) is 4.85. The topological polar surface area (TPSA) is 90.0 Å². The number of carboxylic acid groups (broad SMARTS) is 1. The highest BCUT2D eigenvalue weighted by atomic mass is 35.5. The van der Waals surface area contributed by atoms with Crippen LogP contribution in [0.5, 0.6) is 0 Å². The van der Waals surface area contributed by atoms with Crippen molar-refractivity contribution in [3.05, 3.63) is 39.3 Å². The fourth-order valence-electron chi connectivity index (χ4n) is 1.55. The van der Waals surface area contributed by atoms with E-state index in [1.807, 2.05) is 0 Å². The number of rotatable bonds is 3. The van der Waals surface area contributed by atoms with E-state index in [0.29, 0.717) is 5.69 Å². The van der Waals surface area contributed by atoms with Gasteiger partial charge in [-0.15, -0.1) is 0 Å². The number of benzene rings is 1. The molecule has 2 aromatic rings. The molecule has 0 saturated carbocycles. The van der Waals surface area contributed by atoms with Gasteiger partial charge in [-0.3, -0.25) is 0 Å². The summed E-state index contributed by atoms with van der Waals surface area (Å²) in [6.07, 6.45) is 0. The van der Waals surface area contributed by atoms with Crippen LogP contribution in [0.1, 0.15) is 30.2 Å². The van der Waals surface area contributed by atoms with Crippen LogP contribution in [-0.4, -0.2) is 30.9 Å². The van der Waals surface area contributed by atoms with Crippen molar-refractivity contribution in [2.24, 2.45) is 0 Å². The van der Waals surface area contributed by atoms with Gasteiger partial charge in [0.2, 0.25) is 0 Å². The van der Waals surface area contributed by atoms with Crippen LogP contribution in [0.15, 0.2) is 23.0 Å². The molecule has 0 spiro atoms. The summed E-state index contributed by atoms with van der Waals surface area (Å²) in [5, 5.41) is 16.4. The van der Waals surface area contributed by atoms with E-state index in [4.69, 9.17) is 16.7 Å². The van der Waals surface area contributed by atoms with Crippen LogP contribution >= 0.6 is 11.6 Å². The van der Waals surface area contributed by atoms with Gasteiger partial charge in [0.05, 0.1) is 22.3 Å². The molecule has 1 aromatic carbocycles. The van der Waals surface area contributed by atoms with Gasteiger partial charge in [-0.1, -0.05) is 11.6 Å². The molecule has 0 aliphatic carbocycles. The third kappa shape index (κ3) is 2.37. The maximum atomic E-state index is 12.0. The number of carbonyl (C=O) groups is 1. The average molecular weight is 283 g/mol. The van der Waals surface area contributed by atoms with Gasteiger partial charge in [-0.25, -0.2) is 9.59 Å². The van der Waals surface area contributed by atoms with Crippen LogP contribution in [0.4, 0.5) is 0 Å². The highest BCUT2D eigenvalue weighted by Gasteiger charge is 2.14. The summed E-state index contributed by atoms with van der Waals surface area (Å²) in [6, 6.07) is 4.03. The van der Waals surface area contributed by atoms with E-state index in [0.717, 1.165) is 4.68 Å². The Labute approximate surface area is 113 Å². The summed E-state index contributed by atoms with van der Waals surface area (Å²) < 4.78 is 2.29. The number of carboxylic acids is 1. The first-order valence-electron chi connectivity index (χ1n) is 5.49. The molecule has 1 N–H and O–H groups in total. The van der Waals surface area contributed by atoms with Crippen LogP contribution in [0.3, 0.4) is 0 Å². The van der Waals surface area contributed by atoms with Crippen molar-refractivity contribution >= 4 is 17.6 Å². The van der Waals surface area contributed by atoms with Crippen molar-refractivity contribution in [3.63, 3.8) is 0 Å². The number of halogens is 1. The minimum absolute atomic E-state index is 0.0327. The monoisotopic (exact) mass is 282 g/mol. The third-order valence-electron chi connectivity index (χ3n) is 2.52. The van der Waals surface area contributed by atoms with E-state index < -0.39 is 11.7 Å². The molecule has 1 aromatic heterocycles. The summed E-state index contributed by atoms with van der Waals surface area (Å²) in [5.74, 6) is -1.13. The Morgan fingerprint density at radius 2 is 2.05 bits per heavy atom. The predicted molar refractivity (Wildman–Crippen MR) is 68.0 cm³/mol. The van der Waals surface area contributed by atoms with Crippen LogP contribution in [0.25, 0.3) is 5.69 Å². The highest BCUT2D eigenvalue weighted by Crippen LogP contribution is 2.19. The molecule has 0 radical (unpaired) electrons. The van der Waals surface area contributed by atoms with E-state index in [1.54, 1.807) is 13.8 Å². The van der Waals surface area contributed by atoms with Crippen molar-refractivity contribution in [1.29, 1.82) is 0 Å². The SMILES string of the molecule is CC(C)n1nnn(-c2ccc(C(=O)O)c(Cl)c2)c1=O. The summed E-state index contributed by atoms with van der Waals surface area (Å²) in [4.78, 5) is 22.8. The molecule has 0 fully saturated rings. The summed E-state index contributed by atoms with van der Waals surface area (Å²) in [7, 11) is 0. The number of hydrogen-bond acceptors (Lipinski definition) is 4. The second-order valence-electron chi connectivity index (χ2n) is 4.18. The molecule has 1 heterocycles. The first-order chi connectivity index (χ1) is 8.91. The van der Waals surface area contributed by atoms with Crippen LogP contribution in [-0.2, 0) is 0 Å². The van der Waals surface area contributed by atoms with Crippen LogP contribution < -0.4 is 5.69 Å². The van der Waals surface area contributed by atoms with Crippen molar-refractivity contribution in [3.8, 4) is 5.69 Å². The Morgan fingerprint density at radius 3 is 2.53 bits per heavy atom. The molecule has 0 bridgehead atoms. The molecule has 0 aliphatic rings. The van der Waals surface area contributed by atoms with Gasteiger partial charge in [0, 0.05) is 0 Å². The molecule has 19 heavy (non-hydrogen) atoms. The molecule has 8 heteroatoms. The number of aromatic carboxylic acids is 1. The second-order valence-corrected chi connectivity index (χ2v) is 4.59. The molecule has 0 amide bonds. The van der Waals surface area contributed by atoms with Gasteiger partial charge < -0.3 is 5.11 Å². The predicted octanol–water partition coefficient (Wildman–Crippen LogP) is 1.36. The molecular weight excluding hydrogens is 272 g/mol. The number of hydrogen-bond donors (Lipinski definition) is 1. The lowest BCUT2D eigenvalue weighted by Crippen LogP contribution is -2.25. The zero-order valence-corrected chi connectivity index (χ0v) is 11.0. The first-order valence-corrected chi connectivity index (χ1v) is 5.87. The molecule has 7 nitrogen and oxygen atoms in total. The minimum atomic E-state index is -1.13. The molecule has 0 unspecified atom stereocenters. The first kappa shape index (κ1) is 13.3. The lowest BCUT2D eigenvalue weighted by molar-refractivity contribution is 0.0697. The van der Waals surface area contributed by atoms with Crippen LogP contribution in [0.2, 0.25) is 5.02 Å². The number of aromatic nitrogens is 4. The van der Waals surface area contributed by atoms with Gasteiger partial charge >= 0.3 is 11.7 Å². The molecule has 2 rings (SSSR count). The smallest absolute Gasteiger partial charge is 0.368 e. The van der Waals surface area contributed by atoms with E-state index in [1.165, 1.54) is 22.9 Å². The summed E-state index contributed by atoms with van der Waals surface area (Å²) >= 11 is 5.84.